The number of fused-ring (bicyclic) bond motifs is 15. The molecule has 0 bridgehead atoms. The van der Waals surface area contributed by atoms with Crippen LogP contribution in [0.25, 0.3) is 64.4 Å². The first-order valence-corrected chi connectivity index (χ1v) is 21.4. The quantitative estimate of drug-likeness (QED) is 0.177. The van der Waals surface area contributed by atoms with Gasteiger partial charge in [0.2, 0.25) is 0 Å². The highest BCUT2D eigenvalue weighted by molar-refractivity contribution is 7.26. The minimum atomic E-state index is -0.596. The van der Waals surface area contributed by atoms with Crippen molar-refractivity contribution in [3.63, 3.8) is 0 Å². The van der Waals surface area contributed by atoms with Crippen LogP contribution in [0.1, 0.15) is 22.3 Å². The molecule has 3 nitrogen and oxygen atoms in total. The highest BCUT2D eigenvalue weighted by Gasteiger charge is 2.51. The van der Waals surface area contributed by atoms with Gasteiger partial charge in [-0.25, -0.2) is 0 Å². The second kappa shape index (κ2) is 12.7. The minimum absolute atomic E-state index is 0.596. The number of para-hydroxylation sites is 2. The second-order valence-electron chi connectivity index (χ2n) is 15.7. The van der Waals surface area contributed by atoms with E-state index in [0.29, 0.717) is 5.02 Å². The van der Waals surface area contributed by atoms with Crippen molar-refractivity contribution in [3.8, 4) is 33.8 Å². The van der Waals surface area contributed by atoms with E-state index in [1.165, 1.54) is 42.4 Å². The third-order valence-corrected chi connectivity index (χ3v) is 14.0. The predicted octanol–water partition coefficient (Wildman–Crippen LogP) is 16.2. The predicted molar refractivity (Wildman–Crippen MR) is 249 cm³/mol. The molecule has 0 radical (unpaired) electrons. The fraction of sp³-hybridized carbons (Fsp3) is 0.0182. The van der Waals surface area contributed by atoms with E-state index < -0.39 is 5.41 Å². The van der Waals surface area contributed by atoms with Crippen molar-refractivity contribution < 1.29 is 9.15 Å². The summed E-state index contributed by atoms with van der Waals surface area (Å²) in [5.41, 5.74) is 13.5. The number of nitrogens with zero attached hydrogens (tertiary/aromatic N) is 1. The van der Waals surface area contributed by atoms with Crippen molar-refractivity contribution in [1.82, 2.24) is 0 Å². The molecule has 13 rings (SSSR count). The minimum Gasteiger partial charge on any atom is -0.457 e. The molecule has 0 N–H and O–H groups in total. The lowest BCUT2D eigenvalue weighted by Crippen LogP contribution is -2.32. The summed E-state index contributed by atoms with van der Waals surface area (Å²) < 4.78 is 16.3. The fourth-order valence-electron chi connectivity index (χ4n) is 10.1. The van der Waals surface area contributed by atoms with Crippen molar-refractivity contribution in [1.29, 1.82) is 0 Å². The Morgan fingerprint density at radius 2 is 1.08 bits per heavy atom. The molecule has 1 spiro atoms. The Morgan fingerprint density at radius 1 is 0.433 bits per heavy atom. The van der Waals surface area contributed by atoms with Crippen LogP contribution in [0, 0.1) is 0 Å². The van der Waals surface area contributed by atoms with Gasteiger partial charge in [-0.1, -0.05) is 145 Å². The van der Waals surface area contributed by atoms with Crippen LogP contribution in [0.15, 0.2) is 199 Å². The number of hydrogen-bond donors (Lipinski definition) is 0. The molecule has 2 aliphatic rings. The summed E-state index contributed by atoms with van der Waals surface area (Å²) >= 11 is 8.59. The zero-order valence-corrected chi connectivity index (χ0v) is 33.6. The lowest BCUT2D eigenvalue weighted by Gasteiger charge is -2.40. The number of furan rings is 1. The standard InChI is InChI=1S/C55H32ClNO2S/c56-33-25-27-47-50(29-33)58-51-32-35(26-28-48(51)55(47)45-21-8-4-15-37(45)38-16-5-9-22-46(38)55)57(34-13-2-1-3-14-34)36-30-43-39-17-6-10-23-49(39)59-53(43)44(31-36)42-20-12-19-41-40-18-7-11-24-52(40)60-54(41)42/h1-32H. The van der Waals surface area contributed by atoms with Gasteiger partial charge in [0.1, 0.15) is 22.7 Å². The van der Waals surface area contributed by atoms with Crippen LogP contribution >= 0.6 is 22.9 Å². The van der Waals surface area contributed by atoms with Gasteiger partial charge in [-0.2, -0.15) is 0 Å². The Hall–Kier alpha value is -7.11. The molecule has 0 saturated heterocycles. The lowest BCUT2D eigenvalue weighted by atomic mass is 9.66. The van der Waals surface area contributed by atoms with Crippen LogP contribution < -0.4 is 9.64 Å². The van der Waals surface area contributed by atoms with Crippen molar-refractivity contribution >= 4 is 82.1 Å². The van der Waals surface area contributed by atoms with E-state index in [0.717, 1.165) is 72.8 Å². The van der Waals surface area contributed by atoms with Crippen molar-refractivity contribution in [2.24, 2.45) is 0 Å². The summed E-state index contributed by atoms with van der Waals surface area (Å²) in [6.45, 7) is 0. The molecule has 9 aromatic carbocycles. The first kappa shape index (κ1) is 33.8. The van der Waals surface area contributed by atoms with E-state index >= 15 is 0 Å². The Bertz CT molecular complexity index is 3520. The molecule has 0 unspecified atom stereocenters. The normalized spacial score (nSPS) is 13.3. The monoisotopic (exact) mass is 805 g/mol. The maximum Gasteiger partial charge on any atom is 0.143 e. The van der Waals surface area contributed by atoms with Gasteiger partial charge in [0.15, 0.2) is 0 Å². The summed E-state index contributed by atoms with van der Waals surface area (Å²) in [6, 6.07) is 69.3. The maximum atomic E-state index is 7.00. The van der Waals surface area contributed by atoms with Crippen LogP contribution in [0.5, 0.6) is 11.5 Å². The highest BCUT2D eigenvalue weighted by atomic mass is 35.5. The largest absolute Gasteiger partial charge is 0.457 e. The van der Waals surface area contributed by atoms with Crippen LogP contribution in [0.4, 0.5) is 17.1 Å². The van der Waals surface area contributed by atoms with E-state index in [1.807, 2.05) is 29.5 Å². The smallest absolute Gasteiger partial charge is 0.143 e. The van der Waals surface area contributed by atoms with Crippen molar-refractivity contribution in [3.05, 3.63) is 221 Å². The zero-order valence-electron chi connectivity index (χ0n) is 32.0. The number of ether oxygens (including phenoxy) is 1. The number of thiophene rings is 1. The van der Waals surface area contributed by atoms with Gasteiger partial charge in [-0.3, -0.25) is 0 Å². The number of hydrogen-bond acceptors (Lipinski definition) is 4. The van der Waals surface area contributed by atoms with Gasteiger partial charge in [-0.05, 0) is 76.9 Å². The van der Waals surface area contributed by atoms with Gasteiger partial charge >= 0.3 is 0 Å². The van der Waals surface area contributed by atoms with Gasteiger partial charge in [0.05, 0.1) is 5.41 Å². The average Bonchev–Trinajstić information content (AvgIpc) is 3.96. The van der Waals surface area contributed by atoms with Gasteiger partial charge in [0, 0.05) is 81.3 Å². The first-order valence-electron chi connectivity index (χ1n) is 20.2. The number of anilines is 3. The zero-order chi connectivity index (χ0) is 39.5. The van der Waals surface area contributed by atoms with Crippen LogP contribution in [0.3, 0.4) is 0 Å². The summed E-state index contributed by atoms with van der Waals surface area (Å²) in [5, 5.41) is 5.29. The molecule has 0 fully saturated rings. The molecule has 3 heterocycles. The molecule has 1 aliphatic carbocycles. The topological polar surface area (TPSA) is 25.6 Å². The molecule has 0 atom stereocenters. The Labute approximate surface area is 354 Å². The third-order valence-electron chi connectivity index (χ3n) is 12.6. The van der Waals surface area contributed by atoms with E-state index in [1.54, 1.807) is 0 Å². The van der Waals surface area contributed by atoms with Gasteiger partial charge < -0.3 is 14.1 Å². The first-order chi connectivity index (χ1) is 29.6. The molecule has 1 aliphatic heterocycles. The van der Waals surface area contributed by atoms with Crippen LogP contribution in [-0.2, 0) is 5.41 Å². The van der Waals surface area contributed by atoms with E-state index in [4.69, 9.17) is 20.8 Å². The van der Waals surface area contributed by atoms with Crippen LogP contribution in [0.2, 0.25) is 5.02 Å². The summed E-state index contributed by atoms with van der Waals surface area (Å²) in [6.07, 6.45) is 0. The molecule has 2 aromatic heterocycles. The fourth-order valence-corrected chi connectivity index (χ4v) is 11.5. The maximum absolute atomic E-state index is 7.00. The summed E-state index contributed by atoms with van der Waals surface area (Å²) in [5.74, 6) is 1.55. The average molecular weight is 806 g/mol. The highest BCUT2D eigenvalue weighted by Crippen LogP contribution is 2.63. The number of rotatable bonds is 4. The molecule has 5 heteroatoms. The summed E-state index contributed by atoms with van der Waals surface area (Å²) in [7, 11) is 0. The molecular formula is C55H32ClNO2S. The van der Waals surface area contributed by atoms with Crippen molar-refractivity contribution in [2.75, 3.05) is 4.90 Å². The molecule has 60 heavy (non-hydrogen) atoms. The Morgan fingerprint density at radius 3 is 1.90 bits per heavy atom. The number of halogens is 1. The second-order valence-corrected chi connectivity index (χ2v) is 17.2. The SMILES string of the molecule is Clc1ccc2c(c1)Oc1cc(N(c3ccccc3)c3cc(-c4cccc5c4sc4ccccc45)c4oc5ccccc5c4c3)ccc1C21c2ccccc2-c2ccccc21. The molecule has 11 aromatic rings. The van der Waals surface area contributed by atoms with Gasteiger partial charge in [-0.15, -0.1) is 11.3 Å². The molecular weight excluding hydrogens is 774 g/mol. The Balaban J connectivity index is 1.08. The van der Waals surface area contributed by atoms with Crippen LogP contribution in [-0.4, -0.2) is 0 Å². The van der Waals surface area contributed by atoms with E-state index in [9.17, 15) is 0 Å². The van der Waals surface area contributed by atoms with Crippen molar-refractivity contribution in [2.45, 2.75) is 5.41 Å². The molecule has 0 amide bonds. The lowest BCUT2D eigenvalue weighted by molar-refractivity contribution is 0.436. The van der Waals surface area contributed by atoms with Gasteiger partial charge in [0.25, 0.3) is 0 Å². The van der Waals surface area contributed by atoms with E-state index in [2.05, 4.69) is 181 Å². The summed E-state index contributed by atoms with van der Waals surface area (Å²) in [4.78, 5) is 2.34. The molecule has 282 valence electrons. The molecule has 0 saturated carbocycles. The third kappa shape index (κ3) is 4.66. The Kier molecular flexibility index (Phi) is 7.16. The van der Waals surface area contributed by atoms with E-state index in [-0.39, 0.29) is 0 Å². The number of benzene rings is 9.